The third-order valence-corrected chi connectivity index (χ3v) is 3.90. The first-order valence-corrected chi connectivity index (χ1v) is 7.18. The maximum atomic E-state index is 11.7. The number of thiophene rings is 1. The van der Waals surface area contributed by atoms with Gasteiger partial charge in [-0.2, -0.15) is 0 Å². The third-order valence-electron chi connectivity index (χ3n) is 2.90. The maximum Gasteiger partial charge on any atom is 0.261 e. The molecular weight excluding hydrogens is 264 g/mol. The molecule has 104 valence electrons. The van der Waals surface area contributed by atoms with Crippen LogP contribution in [0.3, 0.4) is 0 Å². The van der Waals surface area contributed by atoms with E-state index in [4.69, 9.17) is 4.74 Å². The minimum Gasteiger partial charge on any atom is -0.379 e. The van der Waals surface area contributed by atoms with Gasteiger partial charge in [0.15, 0.2) is 0 Å². The lowest BCUT2D eigenvalue weighted by atomic mass is 10.1. The van der Waals surface area contributed by atoms with Crippen LogP contribution in [0.2, 0.25) is 0 Å². The first kappa shape index (κ1) is 14.0. The van der Waals surface area contributed by atoms with Crippen LogP contribution in [0.15, 0.2) is 12.1 Å². The standard InChI is InChI=1S/C13H18N2O3S/c1-9-4-5-11(19-9)13(17)14-7-12(16)15-10-3-2-6-18-8-10/h4-5,10H,2-3,6-8H2,1H3,(H,14,17)(H,15,16)/t10-/m0/s1. The molecule has 1 fully saturated rings. The monoisotopic (exact) mass is 282 g/mol. The fourth-order valence-electron chi connectivity index (χ4n) is 1.94. The van der Waals surface area contributed by atoms with E-state index in [2.05, 4.69) is 10.6 Å². The van der Waals surface area contributed by atoms with Crippen LogP contribution < -0.4 is 10.6 Å². The highest BCUT2D eigenvalue weighted by molar-refractivity contribution is 7.13. The van der Waals surface area contributed by atoms with E-state index in [1.165, 1.54) is 11.3 Å². The number of hydrogen-bond donors (Lipinski definition) is 2. The fourth-order valence-corrected chi connectivity index (χ4v) is 2.72. The average molecular weight is 282 g/mol. The van der Waals surface area contributed by atoms with Gasteiger partial charge in [0.2, 0.25) is 5.91 Å². The van der Waals surface area contributed by atoms with E-state index in [-0.39, 0.29) is 24.4 Å². The van der Waals surface area contributed by atoms with Crippen molar-refractivity contribution in [1.29, 1.82) is 0 Å². The van der Waals surface area contributed by atoms with Gasteiger partial charge in [0.05, 0.1) is 24.1 Å². The maximum absolute atomic E-state index is 11.7. The number of carbonyl (C=O) groups excluding carboxylic acids is 2. The SMILES string of the molecule is Cc1ccc(C(=O)NCC(=O)N[C@H]2CCCOC2)s1. The molecule has 2 rings (SSSR count). The molecular formula is C13H18N2O3S. The van der Waals surface area contributed by atoms with Crippen molar-refractivity contribution in [1.82, 2.24) is 10.6 Å². The van der Waals surface area contributed by atoms with E-state index in [1.807, 2.05) is 13.0 Å². The molecule has 1 aromatic rings. The zero-order valence-corrected chi connectivity index (χ0v) is 11.7. The summed E-state index contributed by atoms with van der Waals surface area (Å²) in [5.41, 5.74) is 0. The number of hydrogen-bond acceptors (Lipinski definition) is 4. The highest BCUT2D eigenvalue weighted by Crippen LogP contribution is 2.14. The Hall–Kier alpha value is -1.40. The molecule has 5 nitrogen and oxygen atoms in total. The molecule has 2 heterocycles. The van der Waals surface area contributed by atoms with Crippen molar-refractivity contribution in [2.24, 2.45) is 0 Å². The molecule has 1 saturated heterocycles. The normalized spacial score (nSPS) is 18.9. The summed E-state index contributed by atoms with van der Waals surface area (Å²) < 4.78 is 5.28. The van der Waals surface area contributed by atoms with Crippen molar-refractivity contribution in [3.8, 4) is 0 Å². The van der Waals surface area contributed by atoms with Gasteiger partial charge in [-0.25, -0.2) is 0 Å². The van der Waals surface area contributed by atoms with E-state index in [9.17, 15) is 9.59 Å². The molecule has 0 unspecified atom stereocenters. The van der Waals surface area contributed by atoms with Crippen molar-refractivity contribution in [3.63, 3.8) is 0 Å². The lowest BCUT2D eigenvalue weighted by Gasteiger charge is -2.23. The van der Waals surface area contributed by atoms with E-state index in [1.54, 1.807) is 6.07 Å². The van der Waals surface area contributed by atoms with Crippen molar-refractivity contribution in [2.75, 3.05) is 19.8 Å². The molecule has 1 aromatic heterocycles. The number of rotatable bonds is 4. The molecule has 0 aliphatic carbocycles. The summed E-state index contributed by atoms with van der Waals surface area (Å²) in [5.74, 6) is -0.370. The second-order valence-corrected chi connectivity index (χ2v) is 5.86. The minimum absolute atomic E-state index is 0.00623. The molecule has 1 aliphatic rings. The predicted molar refractivity (Wildman–Crippen MR) is 73.4 cm³/mol. The van der Waals surface area contributed by atoms with E-state index >= 15 is 0 Å². The van der Waals surface area contributed by atoms with Gasteiger partial charge < -0.3 is 15.4 Å². The molecule has 1 atom stereocenters. The molecule has 2 amide bonds. The summed E-state index contributed by atoms with van der Waals surface area (Å²) in [6.45, 7) is 3.27. The number of amides is 2. The van der Waals surface area contributed by atoms with Gasteiger partial charge in [0.25, 0.3) is 5.91 Å². The largest absolute Gasteiger partial charge is 0.379 e. The number of ether oxygens (including phenoxy) is 1. The fraction of sp³-hybridized carbons (Fsp3) is 0.538. The molecule has 1 aliphatic heterocycles. The highest BCUT2D eigenvalue weighted by Gasteiger charge is 2.16. The lowest BCUT2D eigenvalue weighted by molar-refractivity contribution is -0.121. The van der Waals surface area contributed by atoms with Crippen LogP contribution in [0.1, 0.15) is 27.4 Å². The quantitative estimate of drug-likeness (QED) is 0.868. The Bertz CT molecular complexity index is 452. The Balaban J connectivity index is 1.72. The van der Waals surface area contributed by atoms with Gasteiger partial charge in [-0.05, 0) is 31.9 Å². The van der Waals surface area contributed by atoms with Gasteiger partial charge in [-0.1, -0.05) is 0 Å². The smallest absolute Gasteiger partial charge is 0.261 e. The average Bonchev–Trinajstić information content (AvgIpc) is 2.84. The van der Waals surface area contributed by atoms with Crippen LogP contribution in [-0.4, -0.2) is 37.6 Å². The van der Waals surface area contributed by atoms with Crippen LogP contribution in [0.5, 0.6) is 0 Å². The summed E-state index contributed by atoms with van der Waals surface area (Å²) in [6.07, 6.45) is 1.90. The Morgan fingerprint density at radius 2 is 2.32 bits per heavy atom. The minimum atomic E-state index is -0.201. The molecule has 0 saturated carbocycles. The summed E-state index contributed by atoms with van der Waals surface area (Å²) in [6, 6.07) is 3.73. The van der Waals surface area contributed by atoms with Crippen LogP contribution in [0.4, 0.5) is 0 Å². The molecule has 0 bridgehead atoms. The van der Waals surface area contributed by atoms with Crippen LogP contribution >= 0.6 is 11.3 Å². The number of aryl methyl sites for hydroxylation is 1. The van der Waals surface area contributed by atoms with Gasteiger partial charge in [0, 0.05) is 11.5 Å². The summed E-state index contributed by atoms with van der Waals surface area (Å²) in [4.78, 5) is 25.1. The first-order chi connectivity index (χ1) is 9.15. The molecule has 0 spiro atoms. The van der Waals surface area contributed by atoms with Gasteiger partial charge in [0.1, 0.15) is 0 Å². The summed E-state index contributed by atoms with van der Waals surface area (Å²) in [5, 5.41) is 5.48. The lowest BCUT2D eigenvalue weighted by Crippen LogP contribution is -2.45. The van der Waals surface area contributed by atoms with E-state index in [0.29, 0.717) is 11.5 Å². The van der Waals surface area contributed by atoms with E-state index < -0.39 is 0 Å². The Labute approximate surface area is 116 Å². The van der Waals surface area contributed by atoms with Crippen LogP contribution in [-0.2, 0) is 9.53 Å². The Morgan fingerprint density at radius 3 is 2.95 bits per heavy atom. The first-order valence-electron chi connectivity index (χ1n) is 6.37. The van der Waals surface area contributed by atoms with Crippen molar-refractivity contribution < 1.29 is 14.3 Å². The van der Waals surface area contributed by atoms with E-state index in [0.717, 1.165) is 24.3 Å². The molecule has 6 heteroatoms. The molecule has 0 aromatic carbocycles. The number of carbonyl (C=O) groups is 2. The van der Waals surface area contributed by atoms with Crippen LogP contribution in [0.25, 0.3) is 0 Å². The Kier molecular flexibility index (Phi) is 4.93. The zero-order chi connectivity index (χ0) is 13.7. The van der Waals surface area contributed by atoms with Gasteiger partial charge in [-0.15, -0.1) is 11.3 Å². The van der Waals surface area contributed by atoms with Crippen molar-refractivity contribution in [3.05, 3.63) is 21.9 Å². The highest BCUT2D eigenvalue weighted by atomic mass is 32.1. The van der Waals surface area contributed by atoms with Crippen LogP contribution in [0, 0.1) is 6.92 Å². The Morgan fingerprint density at radius 1 is 1.47 bits per heavy atom. The molecule has 0 radical (unpaired) electrons. The number of nitrogens with one attached hydrogen (secondary N) is 2. The molecule has 19 heavy (non-hydrogen) atoms. The summed E-state index contributed by atoms with van der Waals surface area (Å²) >= 11 is 1.42. The van der Waals surface area contributed by atoms with Gasteiger partial charge in [-0.3, -0.25) is 9.59 Å². The summed E-state index contributed by atoms with van der Waals surface area (Å²) in [7, 11) is 0. The second-order valence-electron chi connectivity index (χ2n) is 4.57. The van der Waals surface area contributed by atoms with Crippen molar-refractivity contribution >= 4 is 23.2 Å². The topological polar surface area (TPSA) is 67.4 Å². The molecule has 2 N–H and O–H groups in total. The third kappa shape index (κ3) is 4.33. The van der Waals surface area contributed by atoms with Crippen molar-refractivity contribution in [2.45, 2.75) is 25.8 Å². The predicted octanol–water partition coefficient (Wildman–Crippen LogP) is 1.08. The zero-order valence-electron chi connectivity index (χ0n) is 10.9. The van der Waals surface area contributed by atoms with Gasteiger partial charge >= 0.3 is 0 Å². The second kappa shape index (κ2) is 6.68.